The van der Waals surface area contributed by atoms with Crippen LogP contribution in [-0.4, -0.2) is 24.3 Å². The van der Waals surface area contributed by atoms with Gasteiger partial charge in [-0.15, -0.1) is 0 Å². The molecule has 1 atom stereocenters. The summed E-state index contributed by atoms with van der Waals surface area (Å²) < 4.78 is 25.8. The number of allylic oxidation sites excluding steroid dienone is 1. The molecule has 0 radical (unpaired) electrons. The second-order valence-electron chi connectivity index (χ2n) is 9.02. The number of aromatic nitrogens is 1. The molecule has 3 rings (SSSR count). The fourth-order valence-electron chi connectivity index (χ4n) is 3.93. The Labute approximate surface area is 215 Å². The van der Waals surface area contributed by atoms with Crippen LogP contribution in [0.15, 0.2) is 79.5 Å². The van der Waals surface area contributed by atoms with Gasteiger partial charge < -0.3 is 9.47 Å². The molecule has 4 heteroatoms. The van der Waals surface area contributed by atoms with Gasteiger partial charge in [-0.2, -0.15) is 0 Å². The Morgan fingerprint density at radius 3 is 2.50 bits per heavy atom. The zero-order valence-electron chi connectivity index (χ0n) is 21.6. The Balaban J connectivity index is 1.49. The van der Waals surface area contributed by atoms with Crippen molar-refractivity contribution in [3.8, 4) is 28.1 Å². The topological polar surface area (TPSA) is 31.4 Å². The number of rotatable bonds is 15. The number of hydrogen-bond donors (Lipinski definition) is 0. The van der Waals surface area contributed by atoms with Crippen molar-refractivity contribution in [2.75, 3.05) is 13.2 Å². The van der Waals surface area contributed by atoms with Crippen molar-refractivity contribution < 1.29 is 13.9 Å². The average Bonchev–Trinajstić information content (AvgIpc) is 2.90. The average molecular weight is 488 g/mol. The lowest BCUT2D eigenvalue weighted by molar-refractivity contribution is 0.0566. The second kappa shape index (κ2) is 15.0. The van der Waals surface area contributed by atoms with Crippen LogP contribution in [0, 0.1) is 5.82 Å². The van der Waals surface area contributed by atoms with Crippen molar-refractivity contribution in [2.45, 2.75) is 58.5 Å². The molecule has 190 valence electrons. The van der Waals surface area contributed by atoms with E-state index in [9.17, 15) is 4.39 Å². The van der Waals surface area contributed by atoms with Crippen LogP contribution in [0.1, 0.15) is 57.9 Å². The van der Waals surface area contributed by atoms with Crippen LogP contribution >= 0.6 is 0 Å². The molecule has 0 amide bonds. The van der Waals surface area contributed by atoms with Gasteiger partial charge in [0.25, 0.3) is 0 Å². The van der Waals surface area contributed by atoms with Gasteiger partial charge in [-0.3, -0.25) is 4.98 Å². The number of nitrogens with zero attached hydrogens (tertiary/aromatic N) is 1. The lowest BCUT2D eigenvalue weighted by Gasteiger charge is -2.12. The maximum absolute atomic E-state index is 14.5. The van der Waals surface area contributed by atoms with E-state index in [0.717, 1.165) is 49.1 Å². The molecule has 0 bridgehead atoms. The summed E-state index contributed by atoms with van der Waals surface area (Å²) >= 11 is 0. The van der Waals surface area contributed by atoms with Gasteiger partial charge in [0.2, 0.25) is 0 Å². The molecule has 0 aliphatic carbocycles. The van der Waals surface area contributed by atoms with Crippen molar-refractivity contribution in [1.82, 2.24) is 4.98 Å². The van der Waals surface area contributed by atoms with Gasteiger partial charge in [0.1, 0.15) is 18.2 Å². The molecule has 0 spiro atoms. The molecule has 0 N–H and O–H groups in total. The number of ether oxygens (including phenoxy) is 2. The maximum Gasteiger partial charge on any atom is 0.134 e. The van der Waals surface area contributed by atoms with Gasteiger partial charge >= 0.3 is 0 Å². The third-order valence-corrected chi connectivity index (χ3v) is 6.03. The highest BCUT2D eigenvalue weighted by molar-refractivity contribution is 5.68. The normalized spacial score (nSPS) is 12.1. The largest absolute Gasteiger partial charge is 0.489 e. The molecule has 1 aromatic heterocycles. The highest BCUT2D eigenvalue weighted by atomic mass is 19.1. The summed E-state index contributed by atoms with van der Waals surface area (Å²) in [6, 6.07) is 17.0. The summed E-state index contributed by atoms with van der Waals surface area (Å²) in [5.41, 5.74) is 4.28. The third kappa shape index (κ3) is 8.76. The van der Waals surface area contributed by atoms with Crippen LogP contribution in [0.4, 0.5) is 4.39 Å². The van der Waals surface area contributed by atoms with E-state index in [4.69, 9.17) is 9.47 Å². The minimum Gasteiger partial charge on any atom is -0.489 e. The van der Waals surface area contributed by atoms with Crippen LogP contribution < -0.4 is 4.74 Å². The first-order chi connectivity index (χ1) is 17.6. The van der Waals surface area contributed by atoms with Gasteiger partial charge in [0.05, 0.1) is 11.8 Å². The molecule has 0 saturated carbocycles. The van der Waals surface area contributed by atoms with E-state index in [2.05, 4.69) is 61.8 Å². The molecule has 0 fully saturated rings. The van der Waals surface area contributed by atoms with Crippen molar-refractivity contribution in [1.29, 1.82) is 0 Å². The van der Waals surface area contributed by atoms with Crippen LogP contribution in [-0.2, 0) is 4.74 Å². The van der Waals surface area contributed by atoms with Crippen LogP contribution in [0.5, 0.6) is 5.75 Å². The molecule has 1 unspecified atom stereocenters. The predicted octanol–water partition coefficient (Wildman–Crippen LogP) is 8.90. The van der Waals surface area contributed by atoms with Gasteiger partial charge in [-0.1, -0.05) is 74.9 Å². The predicted molar refractivity (Wildman–Crippen MR) is 149 cm³/mol. The third-order valence-electron chi connectivity index (χ3n) is 6.03. The second-order valence-corrected chi connectivity index (χ2v) is 9.02. The molecule has 3 aromatic rings. The summed E-state index contributed by atoms with van der Waals surface area (Å²) in [5.74, 6) is 0.146. The Bertz CT molecular complexity index is 1090. The lowest BCUT2D eigenvalue weighted by atomic mass is 10.0. The molecule has 0 aliphatic rings. The van der Waals surface area contributed by atoms with Crippen LogP contribution in [0.2, 0.25) is 0 Å². The molecular weight excluding hydrogens is 449 g/mol. The van der Waals surface area contributed by atoms with Crippen molar-refractivity contribution in [2.24, 2.45) is 0 Å². The SMILES string of the molecule is C=CCOc1ccc(-c2ccc(-c3ccc(/C=C/CCCC(C)OCCCCC)cc3)nc2)c(F)c1. The van der Waals surface area contributed by atoms with E-state index in [1.165, 1.54) is 24.5 Å². The van der Waals surface area contributed by atoms with Gasteiger partial charge in [-0.25, -0.2) is 4.39 Å². The van der Waals surface area contributed by atoms with E-state index in [-0.39, 0.29) is 5.82 Å². The Hall–Kier alpha value is -3.24. The van der Waals surface area contributed by atoms with Gasteiger partial charge in [-0.05, 0) is 56.4 Å². The summed E-state index contributed by atoms with van der Waals surface area (Å²) in [7, 11) is 0. The minimum atomic E-state index is -0.337. The molecule has 2 aromatic carbocycles. The maximum atomic E-state index is 14.5. The summed E-state index contributed by atoms with van der Waals surface area (Å²) in [6.07, 6.45) is 15.0. The number of benzene rings is 2. The van der Waals surface area contributed by atoms with Crippen molar-refractivity contribution >= 4 is 6.08 Å². The van der Waals surface area contributed by atoms with E-state index in [1.807, 2.05) is 12.1 Å². The standard InChI is InChI=1S/C32H38FNO2/c1-4-6-10-22-35-25(3)11-8-7-9-12-26-13-15-27(16-14-26)32-20-17-28(24-34-32)30-19-18-29(23-31(30)33)36-21-5-2/h5,9,12-20,23-25H,2,4,6-8,10-11,21-22H2,1,3H3/b12-9+. The smallest absolute Gasteiger partial charge is 0.134 e. The number of pyridine rings is 1. The zero-order chi connectivity index (χ0) is 25.6. The molecule has 36 heavy (non-hydrogen) atoms. The fourth-order valence-corrected chi connectivity index (χ4v) is 3.93. The van der Waals surface area contributed by atoms with Crippen LogP contribution in [0.25, 0.3) is 28.5 Å². The van der Waals surface area contributed by atoms with Gasteiger partial charge in [0, 0.05) is 35.6 Å². The molecule has 0 saturated heterocycles. The number of hydrogen-bond acceptors (Lipinski definition) is 3. The summed E-state index contributed by atoms with van der Waals surface area (Å²) in [5, 5.41) is 0. The zero-order valence-corrected chi connectivity index (χ0v) is 21.6. The van der Waals surface area contributed by atoms with Crippen molar-refractivity contribution in [3.63, 3.8) is 0 Å². The summed E-state index contributed by atoms with van der Waals surface area (Å²) in [4.78, 5) is 4.56. The number of halogens is 1. The first-order valence-corrected chi connectivity index (χ1v) is 13.0. The molecular formula is C32H38FNO2. The number of unbranched alkanes of at least 4 members (excludes halogenated alkanes) is 3. The molecule has 3 nitrogen and oxygen atoms in total. The first kappa shape index (κ1) is 27.3. The Morgan fingerprint density at radius 2 is 1.81 bits per heavy atom. The summed E-state index contributed by atoms with van der Waals surface area (Å²) in [6.45, 7) is 9.21. The quantitative estimate of drug-likeness (QED) is 0.158. The highest BCUT2D eigenvalue weighted by Crippen LogP contribution is 2.27. The van der Waals surface area contributed by atoms with Gasteiger partial charge in [0.15, 0.2) is 0 Å². The minimum absolute atomic E-state index is 0.334. The van der Waals surface area contributed by atoms with Crippen LogP contribution in [0.3, 0.4) is 0 Å². The van der Waals surface area contributed by atoms with Crippen molar-refractivity contribution in [3.05, 3.63) is 90.9 Å². The molecule has 0 aliphatic heterocycles. The first-order valence-electron chi connectivity index (χ1n) is 13.0. The van der Waals surface area contributed by atoms with E-state index in [1.54, 1.807) is 24.4 Å². The monoisotopic (exact) mass is 487 g/mol. The van der Waals surface area contributed by atoms with E-state index < -0.39 is 0 Å². The Morgan fingerprint density at radius 1 is 1.00 bits per heavy atom. The fraction of sp³-hybridized carbons (Fsp3) is 0.344. The molecule has 1 heterocycles. The highest BCUT2D eigenvalue weighted by Gasteiger charge is 2.08. The van der Waals surface area contributed by atoms with E-state index in [0.29, 0.717) is 24.0 Å². The lowest BCUT2D eigenvalue weighted by Crippen LogP contribution is -2.08. The Kier molecular flexibility index (Phi) is 11.4. The van der Waals surface area contributed by atoms with E-state index >= 15 is 0 Å².